The molecule has 0 bridgehead atoms. The van der Waals surface area contributed by atoms with E-state index in [1.165, 1.54) is 12.5 Å². The second-order valence-corrected chi connectivity index (χ2v) is 4.30. The Morgan fingerprint density at radius 1 is 1.44 bits per heavy atom. The Kier molecular flexibility index (Phi) is 3.05. The fourth-order valence-electron chi connectivity index (χ4n) is 1.34. The number of carbonyl (C=O) groups is 1. The van der Waals surface area contributed by atoms with Gasteiger partial charge in [-0.05, 0) is 30.7 Å². The Labute approximate surface area is 101 Å². The highest BCUT2D eigenvalue weighted by Gasteiger charge is 2.08. The number of rotatable bonds is 2. The Hall–Kier alpha value is -1.62. The number of aryl methyl sites for hydroxylation is 1. The number of carbonyl (C=O) groups excluding carboxylic acids is 1. The molecule has 2 aromatic rings. The lowest BCUT2D eigenvalue weighted by Crippen LogP contribution is -2.11. The molecule has 0 unspecified atom stereocenters. The fourth-order valence-corrected chi connectivity index (χ4v) is 1.94. The van der Waals surface area contributed by atoms with Gasteiger partial charge in [-0.25, -0.2) is 0 Å². The van der Waals surface area contributed by atoms with Crippen molar-refractivity contribution in [2.75, 3.05) is 5.32 Å². The van der Waals surface area contributed by atoms with Crippen LogP contribution in [0.1, 0.15) is 15.9 Å². The maximum Gasteiger partial charge on any atom is 0.255 e. The zero-order chi connectivity index (χ0) is 11.5. The lowest BCUT2D eigenvalue weighted by Gasteiger charge is -2.03. The van der Waals surface area contributed by atoms with Crippen molar-refractivity contribution < 1.29 is 9.32 Å². The molecule has 5 heteroatoms. The molecule has 2 rings (SSSR count). The second kappa shape index (κ2) is 4.49. The zero-order valence-electron chi connectivity index (χ0n) is 8.53. The van der Waals surface area contributed by atoms with Gasteiger partial charge in [0.1, 0.15) is 12.0 Å². The van der Waals surface area contributed by atoms with E-state index in [9.17, 15) is 4.79 Å². The minimum Gasteiger partial charge on any atom is -0.363 e. The summed E-state index contributed by atoms with van der Waals surface area (Å²) in [6, 6.07) is 5.51. The van der Waals surface area contributed by atoms with Crippen molar-refractivity contribution in [2.24, 2.45) is 0 Å². The molecule has 4 nitrogen and oxygen atoms in total. The molecule has 0 aliphatic rings. The van der Waals surface area contributed by atoms with Crippen LogP contribution in [0.25, 0.3) is 0 Å². The van der Waals surface area contributed by atoms with Crippen LogP contribution in [0.5, 0.6) is 0 Å². The minimum absolute atomic E-state index is 0.187. The van der Waals surface area contributed by atoms with Crippen molar-refractivity contribution in [3.05, 3.63) is 46.3 Å². The Morgan fingerprint density at radius 2 is 2.25 bits per heavy atom. The number of hydrogen-bond donors (Lipinski definition) is 1. The second-order valence-electron chi connectivity index (χ2n) is 3.38. The molecule has 1 heterocycles. The number of hydrogen-bond acceptors (Lipinski definition) is 3. The molecule has 16 heavy (non-hydrogen) atoms. The normalized spacial score (nSPS) is 10.1. The predicted molar refractivity (Wildman–Crippen MR) is 63.3 cm³/mol. The summed E-state index contributed by atoms with van der Waals surface area (Å²) in [6.07, 6.45) is 2.82. The lowest BCUT2D eigenvalue weighted by atomic mass is 10.1. The van der Waals surface area contributed by atoms with E-state index in [0.717, 1.165) is 10.0 Å². The molecule has 0 atom stereocenters. The average Bonchev–Trinajstić information content (AvgIpc) is 2.68. The zero-order valence-corrected chi connectivity index (χ0v) is 10.1. The lowest BCUT2D eigenvalue weighted by molar-refractivity contribution is 0.102. The third kappa shape index (κ3) is 2.49. The molecular formula is C11H9BrN2O2. The molecule has 0 saturated carbocycles. The molecule has 1 aromatic heterocycles. The van der Waals surface area contributed by atoms with Gasteiger partial charge < -0.3 is 9.84 Å². The van der Waals surface area contributed by atoms with E-state index >= 15 is 0 Å². The summed E-state index contributed by atoms with van der Waals surface area (Å²) in [5, 5.41) is 6.18. The summed E-state index contributed by atoms with van der Waals surface area (Å²) in [6.45, 7) is 1.93. The van der Waals surface area contributed by atoms with E-state index in [4.69, 9.17) is 0 Å². The van der Waals surface area contributed by atoms with E-state index in [-0.39, 0.29) is 5.91 Å². The summed E-state index contributed by atoms with van der Waals surface area (Å²) in [4.78, 5) is 11.8. The predicted octanol–water partition coefficient (Wildman–Crippen LogP) is 3.00. The first-order valence-electron chi connectivity index (χ1n) is 4.63. The first kappa shape index (κ1) is 10.9. The summed E-state index contributed by atoms with van der Waals surface area (Å²) in [5.41, 5.74) is 2.15. The number of benzene rings is 1. The molecule has 0 fully saturated rings. The highest BCUT2D eigenvalue weighted by atomic mass is 79.9. The molecule has 0 aliphatic carbocycles. The number of anilines is 1. The van der Waals surface area contributed by atoms with Crippen molar-refractivity contribution in [1.29, 1.82) is 0 Å². The molecule has 82 valence electrons. The van der Waals surface area contributed by atoms with Crippen LogP contribution in [0.15, 0.2) is 39.7 Å². The Bertz CT molecular complexity index is 488. The van der Waals surface area contributed by atoms with Crippen molar-refractivity contribution in [1.82, 2.24) is 5.16 Å². The minimum atomic E-state index is -0.187. The van der Waals surface area contributed by atoms with Gasteiger partial charge in [-0.3, -0.25) is 4.79 Å². The summed E-state index contributed by atoms with van der Waals surface area (Å²) >= 11 is 3.35. The molecule has 1 N–H and O–H groups in total. The van der Waals surface area contributed by atoms with E-state index in [2.05, 4.69) is 30.9 Å². The molecule has 0 radical (unpaired) electrons. The van der Waals surface area contributed by atoms with Gasteiger partial charge in [0.25, 0.3) is 5.91 Å². The fraction of sp³-hybridized carbons (Fsp3) is 0.0909. The van der Waals surface area contributed by atoms with Gasteiger partial charge in [0.15, 0.2) is 0 Å². The first-order chi connectivity index (χ1) is 7.65. The van der Waals surface area contributed by atoms with Gasteiger partial charge in [-0.1, -0.05) is 21.1 Å². The van der Waals surface area contributed by atoms with Gasteiger partial charge in [-0.15, -0.1) is 0 Å². The van der Waals surface area contributed by atoms with Gasteiger partial charge in [-0.2, -0.15) is 0 Å². The van der Waals surface area contributed by atoms with Gasteiger partial charge >= 0.3 is 0 Å². The number of nitrogens with one attached hydrogen (secondary N) is 1. The number of aromatic nitrogens is 1. The van der Waals surface area contributed by atoms with Crippen molar-refractivity contribution >= 4 is 27.5 Å². The van der Waals surface area contributed by atoms with Crippen molar-refractivity contribution in [3.8, 4) is 0 Å². The molecule has 1 amide bonds. The quantitative estimate of drug-likeness (QED) is 0.920. The highest BCUT2D eigenvalue weighted by Crippen LogP contribution is 2.16. The average molecular weight is 281 g/mol. The van der Waals surface area contributed by atoms with Crippen LogP contribution in [-0.2, 0) is 0 Å². The van der Waals surface area contributed by atoms with Crippen LogP contribution in [0, 0.1) is 6.92 Å². The highest BCUT2D eigenvalue weighted by molar-refractivity contribution is 9.10. The maximum atomic E-state index is 11.8. The molecular weight excluding hydrogens is 272 g/mol. The van der Waals surface area contributed by atoms with Gasteiger partial charge in [0, 0.05) is 10.0 Å². The third-order valence-electron chi connectivity index (χ3n) is 1.99. The third-order valence-corrected chi connectivity index (χ3v) is 2.45. The number of halogens is 1. The van der Waals surface area contributed by atoms with Crippen molar-refractivity contribution in [2.45, 2.75) is 6.92 Å². The van der Waals surface area contributed by atoms with Crippen molar-refractivity contribution in [3.63, 3.8) is 0 Å². The SMILES string of the molecule is Cc1cc(Br)cc(C(=O)Nc2cnoc2)c1. The van der Waals surface area contributed by atoms with Crippen LogP contribution in [0.2, 0.25) is 0 Å². The molecule has 0 aliphatic heterocycles. The summed E-state index contributed by atoms with van der Waals surface area (Å²) in [7, 11) is 0. The number of nitrogens with zero attached hydrogens (tertiary/aromatic N) is 1. The van der Waals surface area contributed by atoms with E-state index in [1.54, 1.807) is 6.07 Å². The van der Waals surface area contributed by atoms with E-state index < -0.39 is 0 Å². The largest absolute Gasteiger partial charge is 0.363 e. The Morgan fingerprint density at radius 3 is 2.88 bits per heavy atom. The van der Waals surface area contributed by atoms with Crippen LogP contribution in [0.3, 0.4) is 0 Å². The summed E-state index contributed by atoms with van der Waals surface area (Å²) < 4.78 is 5.50. The van der Waals surface area contributed by atoms with Crippen LogP contribution >= 0.6 is 15.9 Å². The maximum absolute atomic E-state index is 11.8. The van der Waals surface area contributed by atoms with Gasteiger partial charge in [0.2, 0.25) is 0 Å². The topological polar surface area (TPSA) is 55.1 Å². The monoisotopic (exact) mass is 280 g/mol. The van der Waals surface area contributed by atoms with E-state index in [0.29, 0.717) is 11.3 Å². The molecule has 1 aromatic carbocycles. The summed E-state index contributed by atoms with van der Waals surface area (Å²) in [5.74, 6) is -0.187. The van der Waals surface area contributed by atoms with Crippen LogP contribution in [-0.4, -0.2) is 11.1 Å². The number of amides is 1. The first-order valence-corrected chi connectivity index (χ1v) is 5.42. The van der Waals surface area contributed by atoms with Gasteiger partial charge in [0.05, 0.1) is 6.20 Å². The van der Waals surface area contributed by atoms with E-state index in [1.807, 2.05) is 19.1 Å². The van der Waals surface area contributed by atoms with Crippen LogP contribution in [0.4, 0.5) is 5.69 Å². The molecule has 0 spiro atoms. The Balaban J connectivity index is 2.21. The smallest absolute Gasteiger partial charge is 0.255 e. The molecule has 0 saturated heterocycles. The van der Waals surface area contributed by atoms with Crippen LogP contribution < -0.4 is 5.32 Å². The standard InChI is InChI=1S/C11H9BrN2O2/c1-7-2-8(4-9(12)3-7)11(15)14-10-5-13-16-6-10/h2-6H,1H3,(H,14,15).